The molecule has 0 saturated carbocycles. The fourth-order valence-electron chi connectivity index (χ4n) is 3.92. The summed E-state index contributed by atoms with van der Waals surface area (Å²) < 4.78 is 15.6. The number of nitrogens with zero attached hydrogens (tertiary/aromatic N) is 5. The van der Waals surface area contributed by atoms with Crippen LogP contribution >= 0.6 is 0 Å². The predicted molar refractivity (Wildman–Crippen MR) is 133 cm³/mol. The van der Waals surface area contributed by atoms with Gasteiger partial charge in [-0.1, -0.05) is 6.07 Å². The Kier molecular flexibility index (Phi) is 7.11. The first-order valence-corrected chi connectivity index (χ1v) is 11.2. The smallest absolute Gasteiger partial charge is 0.261 e. The molecule has 35 heavy (non-hydrogen) atoms. The predicted octanol–water partition coefficient (Wildman–Crippen LogP) is 0.175. The normalized spacial score (nSPS) is 15.0. The molecular weight excluding hydrogens is 453 g/mol. The molecule has 1 saturated heterocycles. The standard InChI is InChI=1S/C23H28FN9O2/c1-27-31-20(25)21-30-19-12-15(29-23(26)32-10-7-28-8-11-32)3-5-17(19)22(35)33(21)9-6-14-2-4-16(34)13-18(14)24/h2-5,12-13,27-28,34H,6-11H2,1H3,(H2,25,31)(H2,26,29). The van der Waals surface area contributed by atoms with Gasteiger partial charge in [0, 0.05) is 45.8 Å². The summed E-state index contributed by atoms with van der Waals surface area (Å²) in [5.41, 5.74) is 15.8. The van der Waals surface area contributed by atoms with Gasteiger partial charge in [0.1, 0.15) is 11.6 Å². The van der Waals surface area contributed by atoms with Crippen LogP contribution in [0, 0.1) is 5.82 Å². The molecule has 2 heterocycles. The van der Waals surface area contributed by atoms with E-state index in [1.165, 1.54) is 16.7 Å². The van der Waals surface area contributed by atoms with E-state index < -0.39 is 5.82 Å². The van der Waals surface area contributed by atoms with E-state index in [0.29, 0.717) is 28.1 Å². The van der Waals surface area contributed by atoms with Gasteiger partial charge in [-0.2, -0.15) is 5.10 Å². The first kappa shape index (κ1) is 24.0. The van der Waals surface area contributed by atoms with Crippen molar-refractivity contribution in [1.29, 1.82) is 0 Å². The Bertz CT molecular complexity index is 1350. The summed E-state index contributed by atoms with van der Waals surface area (Å²) in [6.07, 6.45) is 0.183. The van der Waals surface area contributed by atoms with E-state index in [0.717, 1.165) is 32.2 Å². The molecule has 0 amide bonds. The van der Waals surface area contributed by atoms with Gasteiger partial charge in [0.2, 0.25) is 0 Å². The summed E-state index contributed by atoms with van der Waals surface area (Å²) in [5.74, 6) is -0.182. The number of fused-ring (bicyclic) bond motifs is 1. The molecular formula is C23H28FN9O2. The van der Waals surface area contributed by atoms with Crippen LogP contribution in [0.15, 0.2) is 51.3 Å². The van der Waals surface area contributed by atoms with Gasteiger partial charge in [-0.05, 0) is 36.2 Å². The molecule has 1 aromatic heterocycles. The summed E-state index contributed by atoms with van der Waals surface area (Å²) in [7, 11) is 1.58. The van der Waals surface area contributed by atoms with Crippen LogP contribution in [0.5, 0.6) is 5.75 Å². The number of aromatic nitrogens is 2. The van der Waals surface area contributed by atoms with Gasteiger partial charge < -0.3 is 32.2 Å². The lowest BCUT2D eigenvalue weighted by molar-refractivity contribution is 0.354. The number of nitrogens with two attached hydrogens (primary N) is 2. The number of aryl methyl sites for hydroxylation is 1. The lowest BCUT2D eigenvalue weighted by atomic mass is 10.1. The SMILES string of the molecule is CN/N=C(\N)c1nc2cc(N=C(N)N3CCNCC3)ccc2c(=O)n1CCc1ccc(O)cc1F. The first-order valence-electron chi connectivity index (χ1n) is 11.2. The number of phenols is 1. The lowest BCUT2D eigenvalue weighted by Crippen LogP contribution is -2.49. The van der Waals surface area contributed by atoms with Gasteiger partial charge in [0.15, 0.2) is 17.6 Å². The molecule has 0 aliphatic carbocycles. The largest absolute Gasteiger partial charge is 0.508 e. The quantitative estimate of drug-likeness (QED) is 0.189. The van der Waals surface area contributed by atoms with Gasteiger partial charge in [-0.3, -0.25) is 9.36 Å². The van der Waals surface area contributed by atoms with E-state index in [1.54, 1.807) is 25.2 Å². The number of nitrogens with one attached hydrogen (secondary N) is 2. The molecule has 0 spiro atoms. The van der Waals surface area contributed by atoms with Crippen molar-refractivity contribution >= 4 is 28.4 Å². The average molecular weight is 482 g/mol. The molecule has 3 aromatic rings. The number of hydrogen-bond donors (Lipinski definition) is 5. The van der Waals surface area contributed by atoms with Crippen LogP contribution in [-0.2, 0) is 13.0 Å². The zero-order valence-electron chi connectivity index (χ0n) is 19.3. The highest BCUT2D eigenvalue weighted by Crippen LogP contribution is 2.20. The Morgan fingerprint density at radius 1 is 1.23 bits per heavy atom. The van der Waals surface area contributed by atoms with Crippen molar-refractivity contribution in [3.63, 3.8) is 0 Å². The van der Waals surface area contributed by atoms with Crippen LogP contribution in [0.2, 0.25) is 0 Å². The van der Waals surface area contributed by atoms with Crippen molar-refractivity contribution in [2.45, 2.75) is 13.0 Å². The minimum Gasteiger partial charge on any atom is -0.508 e. The number of aliphatic imine (C=N–C) groups is 1. The van der Waals surface area contributed by atoms with E-state index >= 15 is 0 Å². The fraction of sp³-hybridized carbons (Fsp3) is 0.304. The van der Waals surface area contributed by atoms with Crippen LogP contribution in [0.4, 0.5) is 10.1 Å². The monoisotopic (exact) mass is 481 g/mol. The van der Waals surface area contributed by atoms with Crippen molar-refractivity contribution in [1.82, 2.24) is 25.2 Å². The summed E-state index contributed by atoms with van der Waals surface area (Å²) in [6.45, 7) is 3.28. The molecule has 7 N–H and O–H groups in total. The van der Waals surface area contributed by atoms with Crippen LogP contribution in [0.25, 0.3) is 10.9 Å². The van der Waals surface area contributed by atoms with Crippen LogP contribution in [0.1, 0.15) is 11.4 Å². The third-order valence-corrected chi connectivity index (χ3v) is 5.73. The minimum absolute atomic E-state index is 0.00640. The van der Waals surface area contributed by atoms with Crippen molar-refractivity contribution < 1.29 is 9.50 Å². The fourth-order valence-corrected chi connectivity index (χ4v) is 3.92. The van der Waals surface area contributed by atoms with Crippen molar-refractivity contribution in [3.8, 4) is 5.75 Å². The number of piperazine rings is 1. The number of hydrazone groups is 1. The molecule has 184 valence electrons. The zero-order chi connectivity index (χ0) is 24.9. The van der Waals surface area contributed by atoms with Gasteiger partial charge >= 0.3 is 0 Å². The van der Waals surface area contributed by atoms with E-state index in [1.807, 2.05) is 4.90 Å². The van der Waals surface area contributed by atoms with Crippen LogP contribution in [0.3, 0.4) is 0 Å². The summed E-state index contributed by atoms with van der Waals surface area (Å²) in [4.78, 5) is 24.4. The van der Waals surface area contributed by atoms with Gasteiger partial charge in [-0.25, -0.2) is 14.4 Å². The van der Waals surface area contributed by atoms with Gasteiger partial charge in [0.25, 0.3) is 5.56 Å². The third-order valence-electron chi connectivity index (χ3n) is 5.73. The molecule has 0 radical (unpaired) electrons. The number of guanidine groups is 1. The Hall–Kier alpha value is -4.19. The maximum atomic E-state index is 14.2. The minimum atomic E-state index is -0.560. The molecule has 12 heteroatoms. The molecule has 1 aliphatic heterocycles. The van der Waals surface area contributed by atoms with E-state index in [-0.39, 0.29) is 35.9 Å². The lowest BCUT2D eigenvalue weighted by Gasteiger charge is -2.28. The Morgan fingerprint density at radius 3 is 2.71 bits per heavy atom. The zero-order valence-corrected chi connectivity index (χ0v) is 19.3. The van der Waals surface area contributed by atoms with Crippen LogP contribution in [-0.4, -0.2) is 64.6 Å². The Morgan fingerprint density at radius 2 is 2.00 bits per heavy atom. The third kappa shape index (κ3) is 5.32. The van der Waals surface area contributed by atoms with Gasteiger partial charge in [0.05, 0.1) is 16.6 Å². The maximum Gasteiger partial charge on any atom is 0.261 e. The number of hydrogen-bond acceptors (Lipinski definition) is 7. The molecule has 1 aliphatic rings. The molecule has 1 fully saturated rings. The molecule has 0 unspecified atom stereocenters. The van der Waals surface area contributed by atoms with E-state index in [9.17, 15) is 14.3 Å². The Balaban J connectivity index is 1.72. The summed E-state index contributed by atoms with van der Waals surface area (Å²) in [6, 6.07) is 8.92. The summed E-state index contributed by atoms with van der Waals surface area (Å²) >= 11 is 0. The molecule has 0 bridgehead atoms. The second kappa shape index (κ2) is 10.4. The van der Waals surface area contributed by atoms with E-state index in [2.05, 4.69) is 25.8 Å². The number of phenolic OH excluding ortho intramolecular Hbond substituents is 1. The van der Waals surface area contributed by atoms with Crippen molar-refractivity contribution in [3.05, 3.63) is 64.0 Å². The number of aromatic hydroxyl groups is 1. The summed E-state index contributed by atoms with van der Waals surface area (Å²) in [5, 5.41) is 17.0. The molecule has 4 rings (SSSR count). The Labute approximate surface area is 201 Å². The van der Waals surface area contributed by atoms with Gasteiger partial charge in [-0.15, -0.1) is 0 Å². The highest BCUT2D eigenvalue weighted by atomic mass is 19.1. The topological polar surface area (TPSA) is 159 Å². The number of amidine groups is 1. The molecule has 2 aromatic carbocycles. The van der Waals surface area contributed by atoms with E-state index in [4.69, 9.17) is 11.5 Å². The molecule has 0 atom stereocenters. The molecule has 11 nitrogen and oxygen atoms in total. The van der Waals surface area contributed by atoms with Crippen LogP contribution < -0.4 is 27.8 Å². The second-order valence-electron chi connectivity index (χ2n) is 8.05. The first-order chi connectivity index (χ1) is 16.9. The highest BCUT2D eigenvalue weighted by Gasteiger charge is 2.16. The number of halogens is 1. The second-order valence-corrected chi connectivity index (χ2v) is 8.05. The maximum absolute atomic E-state index is 14.2. The average Bonchev–Trinajstić information content (AvgIpc) is 2.85. The van der Waals surface area contributed by atoms with Crippen molar-refractivity contribution in [2.75, 3.05) is 33.2 Å². The van der Waals surface area contributed by atoms with Crippen molar-refractivity contribution in [2.24, 2.45) is 21.6 Å². The number of benzene rings is 2. The highest BCUT2D eigenvalue weighted by molar-refractivity contribution is 5.96. The number of rotatable bonds is 6.